The maximum Gasteiger partial charge on any atom is 0.0594 e. The van der Waals surface area contributed by atoms with Crippen LogP contribution in [-0.2, 0) is 4.74 Å². The van der Waals surface area contributed by atoms with Crippen LogP contribution in [0.2, 0.25) is 0 Å². The van der Waals surface area contributed by atoms with Gasteiger partial charge in [0.15, 0.2) is 0 Å². The molecule has 0 saturated heterocycles. The van der Waals surface area contributed by atoms with Crippen molar-refractivity contribution >= 4 is 0 Å². The van der Waals surface area contributed by atoms with Gasteiger partial charge in [-0.15, -0.1) is 0 Å². The molecule has 0 aliphatic carbocycles. The van der Waals surface area contributed by atoms with Gasteiger partial charge >= 0.3 is 0 Å². The zero-order chi connectivity index (χ0) is 19.7. The first-order valence-corrected chi connectivity index (χ1v) is 10.1. The van der Waals surface area contributed by atoms with E-state index in [1.165, 1.54) is 0 Å². The Morgan fingerprint density at radius 2 is 1.12 bits per heavy atom. The Morgan fingerprint density at radius 3 is 1.56 bits per heavy atom. The number of nitrogens with one attached hydrogen (secondary N) is 3. The molecule has 0 spiro atoms. The van der Waals surface area contributed by atoms with E-state index in [4.69, 9.17) is 4.74 Å². The monoisotopic (exact) mass is 357 g/mol. The van der Waals surface area contributed by atoms with Crippen molar-refractivity contribution in [2.75, 3.05) is 26.2 Å². The zero-order valence-electron chi connectivity index (χ0n) is 18.8. The van der Waals surface area contributed by atoms with Gasteiger partial charge in [-0.1, -0.05) is 13.8 Å². The topological polar surface area (TPSA) is 45.3 Å². The molecule has 0 unspecified atom stereocenters. The Bertz CT molecular complexity index is 346. The van der Waals surface area contributed by atoms with Crippen LogP contribution < -0.4 is 16.0 Å². The fourth-order valence-corrected chi connectivity index (χ4v) is 2.47. The highest BCUT2D eigenvalue weighted by Gasteiger charge is 2.23. The van der Waals surface area contributed by atoms with Crippen LogP contribution >= 0.6 is 0 Å². The molecule has 0 rings (SSSR count). The smallest absolute Gasteiger partial charge is 0.0594 e. The first-order chi connectivity index (χ1) is 11.2. The third kappa shape index (κ3) is 14.7. The summed E-state index contributed by atoms with van der Waals surface area (Å²) in [4.78, 5) is 0. The van der Waals surface area contributed by atoms with E-state index < -0.39 is 0 Å². The average Bonchev–Trinajstić information content (AvgIpc) is 2.45. The van der Waals surface area contributed by atoms with Crippen molar-refractivity contribution in [2.24, 2.45) is 5.92 Å². The van der Waals surface area contributed by atoms with Gasteiger partial charge in [0.2, 0.25) is 0 Å². The van der Waals surface area contributed by atoms with Crippen molar-refractivity contribution in [3.05, 3.63) is 0 Å². The highest BCUT2D eigenvalue weighted by Crippen LogP contribution is 2.19. The fraction of sp³-hybridized carbons (Fsp3) is 1.00. The highest BCUT2D eigenvalue weighted by atomic mass is 16.5. The maximum atomic E-state index is 5.86. The summed E-state index contributed by atoms with van der Waals surface area (Å²) in [6.45, 7) is 26.0. The molecule has 4 nitrogen and oxygen atoms in total. The van der Waals surface area contributed by atoms with Gasteiger partial charge in [-0.3, -0.25) is 0 Å². The molecule has 0 amide bonds. The molecule has 0 saturated carbocycles. The van der Waals surface area contributed by atoms with Gasteiger partial charge in [0, 0.05) is 36.3 Å². The summed E-state index contributed by atoms with van der Waals surface area (Å²) in [5.41, 5.74) is 0.473. The van der Waals surface area contributed by atoms with Crippen molar-refractivity contribution in [2.45, 2.75) is 105 Å². The standard InChI is InChI=1S/C21H47N3O/c1-17(2)18(3)25-16-15-24-21(9,10)12-11-20(7,8)23-14-13-22-19(4,5)6/h17-18,22-24H,11-16H2,1-10H3/t18-/m1/s1. The quantitative estimate of drug-likeness (QED) is 0.437. The van der Waals surface area contributed by atoms with Gasteiger partial charge in [0.05, 0.1) is 12.7 Å². The number of hydrogen-bond acceptors (Lipinski definition) is 4. The van der Waals surface area contributed by atoms with Crippen LogP contribution in [0.1, 0.15) is 82.1 Å². The predicted octanol–water partition coefficient (Wildman–Crippen LogP) is 3.95. The van der Waals surface area contributed by atoms with Crippen LogP contribution in [0, 0.1) is 5.92 Å². The lowest BCUT2D eigenvalue weighted by atomic mass is 9.89. The summed E-state index contributed by atoms with van der Waals surface area (Å²) in [5.74, 6) is 0.577. The van der Waals surface area contributed by atoms with E-state index in [0.29, 0.717) is 12.0 Å². The Hall–Kier alpha value is -0.160. The third-order valence-corrected chi connectivity index (χ3v) is 4.78. The van der Waals surface area contributed by atoms with E-state index in [-0.39, 0.29) is 16.6 Å². The Balaban J connectivity index is 3.99. The second-order valence-electron chi connectivity index (χ2n) is 10.1. The molecule has 1 atom stereocenters. The molecule has 0 aromatic rings. The molecule has 0 radical (unpaired) electrons. The Morgan fingerprint density at radius 1 is 0.680 bits per heavy atom. The van der Waals surface area contributed by atoms with E-state index in [1.54, 1.807) is 0 Å². The van der Waals surface area contributed by atoms with Gasteiger partial charge in [-0.2, -0.15) is 0 Å². The van der Waals surface area contributed by atoms with E-state index in [1.807, 2.05) is 0 Å². The minimum absolute atomic E-state index is 0.132. The van der Waals surface area contributed by atoms with Crippen LogP contribution in [0.3, 0.4) is 0 Å². The molecule has 0 aromatic carbocycles. The minimum atomic E-state index is 0.132. The Kier molecular flexibility index (Phi) is 10.8. The normalized spacial score (nSPS) is 15.0. The first kappa shape index (κ1) is 24.8. The molecule has 4 heteroatoms. The van der Waals surface area contributed by atoms with Crippen molar-refractivity contribution in [3.8, 4) is 0 Å². The molecular weight excluding hydrogens is 310 g/mol. The van der Waals surface area contributed by atoms with E-state index in [0.717, 1.165) is 39.1 Å². The summed E-state index contributed by atoms with van der Waals surface area (Å²) in [5, 5.41) is 10.9. The van der Waals surface area contributed by atoms with Crippen molar-refractivity contribution in [1.29, 1.82) is 0 Å². The number of rotatable bonds is 13. The van der Waals surface area contributed by atoms with E-state index >= 15 is 0 Å². The summed E-state index contributed by atoms with van der Waals surface area (Å²) >= 11 is 0. The van der Waals surface area contributed by atoms with Gasteiger partial charge in [-0.25, -0.2) is 0 Å². The van der Waals surface area contributed by atoms with Crippen LogP contribution in [0.15, 0.2) is 0 Å². The molecule has 0 aromatic heterocycles. The summed E-state index contributed by atoms with van der Waals surface area (Å²) in [7, 11) is 0. The lowest BCUT2D eigenvalue weighted by molar-refractivity contribution is 0.0344. The van der Waals surface area contributed by atoms with Crippen LogP contribution in [0.25, 0.3) is 0 Å². The molecule has 0 heterocycles. The van der Waals surface area contributed by atoms with E-state index in [9.17, 15) is 0 Å². The van der Waals surface area contributed by atoms with Gasteiger partial charge < -0.3 is 20.7 Å². The van der Waals surface area contributed by atoms with Gasteiger partial charge in [0.1, 0.15) is 0 Å². The lowest BCUT2D eigenvalue weighted by Crippen LogP contribution is -2.48. The van der Waals surface area contributed by atoms with Crippen LogP contribution in [-0.4, -0.2) is 49.0 Å². The molecule has 152 valence electrons. The molecule has 3 N–H and O–H groups in total. The summed E-state index contributed by atoms with van der Waals surface area (Å²) in [6, 6.07) is 0. The molecule has 25 heavy (non-hydrogen) atoms. The lowest BCUT2D eigenvalue weighted by Gasteiger charge is -2.33. The van der Waals surface area contributed by atoms with Gasteiger partial charge in [-0.05, 0) is 74.1 Å². The fourth-order valence-electron chi connectivity index (χ4n) is 2.47. The van der Waals surface area contributed by atoms with Crippen LogP contribution in [0.5, 0.6) is 0 Å². The van der Waals surface area contributed by atoms with Crippen LogP contribution in [0.4, 0.5) is 0 Å². The predicted molar refractivity (Wildman–Crippen MR) is 111 cm³/mol. The SMILES string of the molecule is CC(C)[C@@H](C)OCCNC(C)(C)CCC(C)(C)NCCNC(C)(C)C. The highest BCUT2D eigenvalue weighted by molar-refractivity contribution is 4.85. The third-order valence-electron chi connectivity index (χ3n) is 4.78. The summed E-state index contributed by atoms with van der Waals surface area (Å²) in [6.07, 6.45) is 2.61. The summed E-state index contributed by atoms with van der Waals surface area (Å²) < 4.78 is 5.86. The van der Waals surface area contributed by atoms with E-state index in [2.05, 4.69) is 85.2 Å². The minimum Gasteiger partial charge on any atom is -0.377 e. The molecule has 0 aliphatic rings. The molecule has 0 aliphatic heterocycles. The molecule has 0 fully saturated rings. The van der Waals surface area contributed by atoms with Crippen molar-refractivity contribution in [1.82, 2.24) is 16.0 Å². The largest absolute Gasteiger partial charge is 0.377 e. The first-order valence-electron chi connectivity index (χ1n) is 10.1. The number of hydrogen-bond donors (Lipinski definition) is 3. The van der Waals surface area contributed by atoms with Crippen molar-refractivity contribution < 1.29 is 4.74 Å². The second-order valence-corrected chi connectivity index (χ2v) is 10.1. The molecule has 0 bridgehead atoms. The average molecular weight is 358 g/mol. The Labute approximate surface area is 158 Å². The maximum absolute atomic E-state index is 5.86. The molecular formula is C21H47N3O. The zero-order valence-corrected chi connectivity index (χ0v) is 18.8. The second kappa shape index (κ2) is 10.9. The van der Waals surface area contributed by atoms with Gasteiger partial charge in [0.25, 0.3) is 0 Å². The number of ether oxygens (including phenoxy) is 1. The van der Waals surface area contributed by atoms with Crippen molar-refractivity contribution in [3.63, 3.8) is 0 Å².